The van der Waals surface area contributed by atoms with Crippen LogP contribution in [-0.4, -0.2) is 15.6 Å². The highest BCUT2D eigenvalue weighted by molar-refractivity contribution is 5.87. The molecule has 3 rings (SSSR count). The zero-order chi connectivity index (χ0) is 15.0. The average Bonchev–Trinajstić information content (AvgIpc) is 2.92. The molecule has 0 bridgehead atoms. The lowest BCUT2D eigenvalue weighted by atomic mass is 10.0. The van der Waals surface area contributed by atoms with Gasteiger partial charge in [0.2, 0.25) is 0 Å². The van der Waals surface area contributed by atoms with Crippen LogP contribution in [0, 0.1) is 6.92 Å². The molecule has 21 heavy (non-hydrogen) atoms. The minimum atomic E-state index is -0.928. The SMILES string of the molecule is Cc1cc(C(=O)O)ccc1Cn1c2c(ccc1=O)CCC2. The molecule has 4 nitrogen and oxygen atoms in total. The Bertz CT molecular complexity index is 774. The van der Waals surface area contributed by atoms with Gasteiger partial charge in [-0.15, -0.1) is 0 Å². The van der Waals surface area contributed by atoms with Crippen LogP contribution in [0.2, 0.25) is 0 Å². The number of fused-ring (bicyclic) bond motifs is 1. The van der Waals surface area contributed by atoms with Crippen LogP contribution < -0.4 is 5.56 Å². The summed E-state index contributed by atoms with van der Waals surface area (Å²) in [6.45, 7) is 2.39. The third-order valence-electron chi connectivity index (χ3n) is 4.17. The zero-order valence-corrected chi connectivity index (χ0v) is 11.9. The Labute approximate surface area is 122 Å². The van der Waals surface area contributed by atoms with E-state index >= 15 is 0 Å². The molecule has 1 aliphatic rings. The molecule has 0 fully saturated rings. The van der Waals surface area contributed by atoms with Crippen molar-refractivity contribution in [3.05, 3.63) is 68.6 Å². The summed E-state index contributed by atoms with van der Waals surface area (Å²) in [5, 5.41) is 9.01. The van der Waals surface area contributed by atoms with Crippen LogP contribution in [0.1, 0.15) is 39.2 Å². The van der Waals surface area contributed by atoms with Crippen LogP contribution in [0.5, 0.6) is 0 Å². The van der Waals surface area contributed by atoms with Gasteiger partial charge in [-0.1, -0.05) is 12.1 Å². The molecule has 0 aliphatic heterocycles. The molecule has 2 aromatic rings. The number of nitrogens with zero attached hydrogens (tertiary/aromatic N) is 1. The first-order chi connectivity index (χ1) is 10.1. The van der Waals surface area contributed by atoms with Crippen LogP contribution in [0.15, 0.2) is 35.1 Å². The number of carboxylic acid groups (broad SMARTS) is 1. The van der Waals surface area contributed by atoms with Crippen molar-refractivity contribution in [1.29, 1.82) is 0 Å². The largest absolute Gasteiger partial charge is 0.478 e. The maximum absolute atomic E-state index is 12.1. The van der Waals surface area contributed by atoms with Gasteiger partial charge in [0.25, 0.3) is 5.56 Å². The fourth-order valence-electron chi connectivity index (χ4n) is 2.98. The number of benzene rings is 1. The van der Waals surface area contributed by atoms with Crippen molar-refractivity contribution in [3.63, 3.8) is 0 Å². The summed E-state index contributed by atoms with van der Waals surface area (Å²) >= 11 is 0. The number of carbonyl (C=O) groups is 1. The van der Waals surface area contributed by atoms with E-state index in [0.29, 0.717) is 6.54 Å². The highest BCUT2D eigenvalue weighted by atomic mass is 16.4. The fraction of sp³-hybridized carbons (Fsp3) is 0.294. The summed E-state index contributed by atoms with van der Waals surface area (Å²) < 4.78 is 1.82. The van der Waals surface area contributed by atoms with Crippen molar-refractivity contribution in [2.75, 3.05) is 0 Å². The van der Waals surface area contributed by atoms with Crippen molar-refractivity contribution < 1.29 is 9.90 Å². The lowest BCUT2D eigenvalue weighted by Crippen LogP contribution is -2.23. The van der Waals surface area contributed by atoms with Crippen molar-refractivity contribution in [2.24, 2.45) is 0 Å². The second kappa shape index (κ2) is 5.20. The van der Waals surface area contributed by atoms with Crippen LogP contribution in [0.3, 0.4) is 0 Å². The van der Waals surface area contributed by atoms with Crippen LogP contribution >= 0.6 is 0 Å². The first-order valence-corrected chi connectivity index (χ1v) is 7.10. The van der Waals surface area contributed by atoms with Crippen molar-refractivity contribution in [1.82, 2.24) is 4.57 Å². The first-order valence-electron chi connectivity index (χ1n) is 7.10. The molecule has 0 spiro atoms. The molecule has 108 valence electrons. The maximum atomic E-state index is 12.1. The Morgan fingerprint density at radius 2 is 2.05 bits per heavy atom. The predicted molar refractivity (Wildman–Crippen MR) is 80.0 cm³/mol. The maximum Gasteiger partial charge on any atom is 0.335 e. The highest BCUT2D eigenvalue weighted by Gasteiger charge is 2.16. The van der Waals surface area contributed by atoms with E-state index in [2.05, 4.69) is 0 Å². The third-order valence-corrected chi connectivity index (χ3v) is 4.17. The standard InChI is InChI=1S/C17H17NO3/c1-11-9-13(17(20)21)5-6-14(11)10-18-15-4-2-3-12(15)7-8-16(18)19/h5-9H,2-4,10H2,1H3,(H,20,21). The average molecular weight is 283 g/mol. The summed E-state index contributed by atoms with van der Waals surface area (Å²) in [7, 11) is 0. The number of hydrogen-bond donors (Lipinski definition) is 1. The summed E-state index contributed by atoms with van der Waals surface area (Å²) in [5.74, 6) is -0.928. The van der Waals surface area contributed by atoms with E-state index < -0.39 is 5.97 Å². The number of hydrogen-bond acceptors (Lipinski definition) is 2. The fourth-order valence-corrected chi connectivity index (χ4v) is 2.98. The molecule has 1 N–H and O–H groups in total. The number of aromatic carboxylic acids is 1. The molecular weight excluding hydrogens is 266 g/mol. The molecule has 4 heteroatoms. The van der Waals surface area contributed by atoms with Gasteiger partial charge in [-0.3, -0.25) is 4.79 Å². The highest BCUT2D eigenvalue weighted by Crippen LogP contribution is 2.21. The second-order valence-electron chi connectivity index (χ2n) is 5.53. The van der Waals surface area contributed by atoms with E-state index in [-0.39, 0.29) is 11.1 Å². The molecule has 1 aromatic carbocycles. The summed E-state index contributed by atoms with van der Waals surface area (Å²) in [4.78, 5) is 23.1. The lowest BCUT2D eigenvalue weighted by Gasteiger charge is -2.14. The molecule has 0 unspecified atom stereocenters. The van der Waals surface area contributed by atoms with Gasteiger partial charge in [0.1, 0.15) is 0 Å². The number of aryl methyl sites for hydroxylation is 2. The molecule has 0 radical (unpaired) electrons. The predicted octanol–water partition coefficient (Wildman–Crippen LogP) is 2.39. The van der Waals surface area contributed by atoms with Crippen LogP contribution in [-0.2, 0) is 19.4 Å². The van der Waals surface area contributed by atoms with Gasteiger partial charge in [-0.25, -0.2) is 4.79 Å². The minimum absolute atomic E-state index is 0.0114. The van der Waals surface area contributed by atoms with Gasteiger partial charge in [0, 0.05) is 11.8 Å². The van der Waals surface area contributed by atoms with Crippen LogP contribution in [0.4, 0.5) is 0 Å². The molecular formula is C17H17NO3. The molecule has 1 aliphatic carbocycles. The number of aromatic nitrogens is 1. The Kier molecular flexibility index (Phi) is 3.37. The zero-order valence-electron chi connectivity index (χ0n) is 11.9. The number of pyridine rings is 1. The van der Waals surface area contributed by atoms with Gasteiger partial charge >= 0.3 is 5.97 Å². The van der Waals surface area contributed by atoms with Gasteiger partial charge in [-0.05, 0) is 55.0 Å². The van der Waals surface area contributed by atoms with Gasteiger partial charge < -0.3 is 9.67 Å². The smallest absolute Gasteiger partial charge is 0.335 e. The lowest BCUT2D eigenvalue weighted by molar-refractivity contribution is 0.0697. The van der Waals surface area contributed by atoms with Crippen LogP contribution in [0.25, 0.3) is 0 Å². The number of rotatable bonds is 3. The van der Waals surface area contributed by atoms with E-state index in [1.165, 1.54) is 5.56 Å². The molecule has 0 saturated heterocycles. The van der Waals surface area contributed by atoms with E-state index in [1.54, 1.807) is 24.3 Å². The minimum Gasteiger partial charge on any atom is -0.478 e. The third kappa shape index (κ3) is 2.49. The Balaban J connectivity index is 2.00. The normalized spacial score (nSPS) is 13.2. The summed E-state index contributed by atoms with van der Waals surface area (Å²) in [6, 6.07) is 8.62. The summed E-state index contributed by atoms with van der Waals surface area (Å²) in [5.41, 5.74) is 4.57. The summed E-state index contributed by atoms with van der Waals surface area (Å²) in [6.07, 6.45) is 3.07. The van der Waals surface area contributed by atoms with Crippen molar-refractivity contribution >= 4 is 5.97 Å². The molecule has 0 atom stereocenters. The Morgan fingerprint density at radius 1 is 1.24 bits per heavy atom. The van der Waals surface area contributed by atoms with E-state index in [9.17, 15) is 9.59 Å². The topological polar surface area (TPSA) is 59.3 Å². The molecule has 0 saturated carbocycles. The Morgan fingerprint density at radius 3 is 2.76 bits per heavy atom. The molecule has 1 heterocycles. The quantitative estimate of drug-likeness (QED) is 0.941. The molecule has 1 aromatic heterocycles. The molecule has 0 amide bonds. The Hall–Kier alpha value is -2.36. The first kappa shape index (κ1) is 13.6. The van der Waals surface area contributed by atoms with Gasteiger partial charge in [0.15, 0.2) is 0 Å². The van der Waals surface area contributed by atoms with Gasteiger partial charge in [0.05, 0.1) is 12.1 Å². The second-order valence-corrected chi connectivity index (χ2v) is 5.53. The van der Waals surface area contributed by atoms with Crippen molar-refractivity contribution in [3.8, 4) is 0 Å². The van der Waals surface area contributed by atoms with E-state index in [0.717, 1.165) is 36.1 Å². The monoisotopic (exact) mass is 283 g/mol. The van der Waals surface area contributed by atoms with Crippen molar-refractivity contribution in [2.45, 2.75) is 32.7 Å². The van der Waals surface area contributed by atoms with Gasteiger partial charge in [-0.2, -0.15) is 0 Å². The number of carboxylic acids is 1. The van der Waals surface area contributed by atoms with E-state index in [1.807, 2.05) is 17.6 Å². The van der Waals surface area contributed by atoms with E-state index in [4.69, 9.17) is 5.11 Å².